The van der Waals surface area contributed by atoms with E-state index in [0.717, 1.165) is 34.9 Å². The van der Waals surface area contributed by atoms with Crippen LogP contribution < -0.4 is 14.8 Å². The van der Waals surface area contributed by atoms with Gasteiger partial charge in [0.1, 0.15) is 5.75 Å². The minimum Gasteiger partial charge on any atom is -0.496 e. The molecule has 0 aliphatic carbocycles. The fourth-order valence-corrected chi connectivity index (χ4v) is 6.46. The van der Waals surface area contributed by atoms with Crippen LogP contribution in [0.1, 0.15) is 70.5 Å². The summed E-state index contributed by atoms with van der Waals surface area (Å²) in [7, 11) is -2.57. The van der Waals surface area contributed by atoms with Gasteiger partial charge in [-0.1, -0.05) is 50.6 Å². The first-order chi connectivity index (χ1) is 20.1. The molecular formula is C33H37N3O5S. The Kier molecular flexibility index (Phi) is 9.21. The van der Waals surface area contributed by atoms with Crippen molar-refractivity contribution in [1.29, 1.82) is 0 Å². The molecule has 0 spiro atoms. The molecule has 4 aromatic rings. The number of carbonyl (C=O) groups excluding carboxylic acids is 2. The highest BCUT2D eigenvalue weighted by Gasteiger charge is 2.34. The average molecular weight is 588 g/mol. The topological polar surface area (TPSA) is 117 Å². The Hall–Kier alpha value is -4.37. The van der Waals surface area contributed by atoms with E-state index in [1.807, 2.05) is 31.3 Å². The number of allylic oxidation sites excluding steroid dienone is 1. The first kappa shape index (κ1) is 30.6. The molecule has 2 amide bonds. The van der Waals surface area contributed by atoms with Gasteiger partial charge in [0.25, 0.3) is 21.8 Å². The van der Waals surface area contributed by atoms with Crippen molar-refractivity contribution in [1.82, 2.24) is 15.0 Å². The highest BCUT2D eigenvalue weighted by Crippen LogP contribution is 2.44. The lowest BCUT2D eigenvalue weighted by Crippen LogP contribution is -2.31. The Morgan fingerprint density at radius 3 is 2.43 bits per heavy atom. The number of ether oxygens (including phenoxy) is 1. The lowest BCUT2D eigenvalue weighted by molar-refractivity contribution is 0.0951. The van der Waals surface area contributed by atoms with Crippen LogP contribution in [0.4, 0.5) is 0 Å². The van der Waals surface area contributed by atoms with Gasteiger partial charge in [0.05, 0.1) is 12.0 Å². The number of methoxy groups -OCH3 is 1. The molecule has 42 heavy (non-hydrogen) atoms. The Labute approximate surface area is 247 Å². The molecule has 3 N–H and O–H groups in total. The molecule has 0 fully saturated rings. The average Bonchev–Trinajstić information content (AvgIpc) is 3.41. The highest BCUT2D eigenvalue weighted by molar-refractivity contribution is 7.90. The second-order valence-corrected chi connectivity index (χ2v) is 12.2. The van der Waals surface area contributed by atoms with E-state index in [-0.39, 0.29) is 16.4 Å². The van der Waals surface area contributed by atoms with E-state index in [1.165, 1.54) is 13.2 Å². The van der Waals surface area contributed by atoms with E-state index >= 15 is 0 Å². The molecule has 3 aromatic carbocycles. The van der Waals surface area contributed by atoms with Crippen LogP contribution in [0.3, 0.4) is 0 Å². The minimum absolute atomic E-state index is 0.0400. The first-order valence-electron chi connectivity index (χ1n) is 13.9. The van der Waals surface area contributed by atoms with Crippen molar-refractivity contribution in [3.63, 3.8) is 0 Å². The predicted octanol–water partition coefficient (Wildman–Crippen LogP) is 6.02. The van der Waals surface area contributed by atoms with Crippen LogP contribution in [-0.2, 0) is 15.4 Å². The summed E-state index contributed by atoms with van der Waals surface area (Å²) >= 11 is 0. The standard InChI is InChI=1S/C33H37N3O5S/c1-6-8-18-34-31(37)23-14-16-28-25(19-23)27(21-35-28)33(4,17-7-2)26-15-13-24(20-29(26)41-5)32(38)36-42(39,40)30-12-10-9-11-22(30)3/h7,9-16,19-21,35H,2,6,8,17-18H2,1,3-5H3,(H,34,37)(H,36,38). The predicted molar refractivity (Wildman–Crippen MR) is 166 cm³/mol. The lowest BCUT2D eigenvalue weighted by atomic mass is 9.73. The first-order valence-corrected chi connectivity index (χ1v) is 15.4. The Balaban J connectivity index is 1.72. The third kappa shape index (κ3) is 6.11. The number of hydrogen-bond acceptors (Lipinski definition) is 5. The molecule has 0 bridgehead atoms. The zero-order valence-corrected chi connectivity index (χ0v) is 25.2. The van der Waals surface area contributed by atoms with Crippen molar-refractivity contribution >= 4 is 32.7 Å². The molecule has 1 aromatic heterocycles. The van der Waals surface area contributed by atoms with Crippen molar-refractivity contribution in [2.24, 2.45) is 0 Å². The summed E-state index contributed by atoms with van der Waals surface area (Å²) in [5, 5.41) is 3.86. The fourth-order valence-electron chi connectivity index (χ4n) is 5.23. The number of nitrogens with one attached hydrogen (secondary N) is 3. The molecule has 0 aliphatic heterocycles. The minimum atomic E-state index is -4.07. The molecular weight excluding hydrogens is 550 g/mol. The van der Waals surface area contributed by atoms with Crippen LogP contribution in [0.25, 0.3) is 10.9 Å². The summed E-state index contributed by atoms with van der Waals surface area (Å²) in [5.41, 5.74) is 3.16. The van der Waals surface area contributed by atoms with Crippen LogP contribution in [0.5, 0.6) is 5.75 Å². The number of fused-ring (bicyclic) bond motifs is 1. The quantitative estimate of drug-likeness (QED) is 0.139. The van der Waals surface area contributed by atoms with Gasteiger partial charge in [-0.15, -0.1) is 6.58 Å². The summed E-state index contributed by atoms with van der Waals surface area (Å²) in [5.74, 6) is -0.473. The number of rotatable bonds is 12. The number of carbonyl (C=O) groups is 2. The van der Waals surface area contributed by atoms with Crippen LogP contribution >= 0.6 is 0 Å². The molecule has 0 saturated heterocycles. The van der Waals surface area contributed by atoms with E-state index in [0.29, 0.717) is 29.8 Å². The summed E-state index contributed by atoms with van der Waals surface area (Å²) in [4.78, 5) is 29.3. The van der Waals surface area contributed by atoms with Gasteiger partial charge in [-0.2, -0.15) is 0 Å². The van der Waals surface area contributed by atoms with Crippen LogP contribution in [0.15, 0.2) is 84.4 Å². The number of aromatic nitrogens is 1. The number of amides is 2. The van der Waals surface area contributed by atoms with E-state index in [4.69, 9.17) is 4.74 Å². The summed E-state index contributed by atoms with van der Waals surface area (Å²) in [6, 6.07) is 16.9. The second kappa shape index (κ2) is 12.7. The van der Waals surface area contributed by atoms with Gasteiger partial charge in [0.2, 0.25) is 0 Å². The van der Waals surface area contributed by atoms with Gasteiger partial charge in [-0.05, 0) is 67.3 Å². The van der Waals surface area contributed by atoms with Crippen molar-refractivity contribution in [3.8, 4) is 5.75 Å². The van der Waals surface area contributed by atoms with Crippen LogP contribution in [0.2, 0.25) is 0 Å². The summed E-state index contributed by atoms with van der Waals surface area (Å²) in [6.45, 7) is 10.4. The van der Waals surface area contributed by atoms with Gasteiger partial charge in [-0.25, -0.2) is 13.1 Å². The lowest BCUT2D eigenvalue weighted by Gasteiger charge is -2.31. The molecule has 4 rings (SSSR count). The number of sulfonamides is 1. The number of unbranched alkanes of at least 4 members (excludes halogenated alkanes) is 1. The van der Waals surface area contributed by atoms with Crippen molar-refractivity contribution in [3.05, 3.63) is 107 Å². The maximum Gasteiger partial charge on any atom is 0.265 e. The Morgan fingerprint density at radius 1 is 1.02 bits per heavy atom. The van der Waals surface area contributed by atoms with Crippen molar-refractivity contribution in [2.75, 3.05) is 13.7 Å². The third-order valence-corrected chi connectivity index (χ3v) is 9.07. The van der Waals surface area contributed by atoms with Crippen molar-refractivity contribution < 1.29 is 22.7 Å². The maximum atomic E-state index is 13.1. The van der Waals surface area contributed by atoms with E-state index in [9.17, 15) is 18.0 Å². The normalized spacial score (nSPS) is 12.9. The monoisotopic (exact) mass is 587 g/mol. The Bertz CT molecular complexity index is 1740. The van der Waals surface area contributed by atoms with Gasteiger partial charge in [-0.3, -0.25) is 9.59 Å². The maximum absolute atomic E-state index is 13.1. The van der Waals surface area contributed by atoms with Gasteiger partial charge in [0, 0.05) is 45.7 Å². The summed E-state index contributed by atoms with van der Waals surface area (Å²) < 4.78 is 33.8. The molecule has 9 heteroatoms. The molecule has 8 nitrogen and oxygen atoms in total. The second-order valence-electron chi connectivity index (χ2n) is 10.5. The SMILES string of the molecule is C=CCC(C)(c1ccc(C(=O)NS(=O)(=O)c2ccccc2C)cc1OC)c1c[nH]c2ccc(C(=O)NCCCC)cc12. The van der Waals surface area contributed by atoms with Gasteiger partial charge >= 0.3 is 0 Å². The number of hydrogen-bond donors (Lipinski definition) is 3. The fraction of sp³-hybridized carbons (Fsp3) is 0.273. The summed E-state index contributed by atoms with van der Waals surface area (Å²) in [6.07, 6.45) is 6.16. The number of aryl methyl sites for hydroxylation is 1. The molecule has 1 heterocycles. The molecule has 1 atom stereocenters. The van der Waals surface area contributed by atoms with Crippen LogP contribution in [-0.4, -0.2) is 38.9 Å². The largest absolute Gasteiger partial charge is 0.496 e. The van der Waals surface area contributed by atoms with Crippen molar-refractivity contribution in [2.45, 2.75) is 50.3 Å². The van der Waals surface area contributed by atoms with Gasteiger partial charge < -0.3 is 15.0 Å². The highest BCUT2D eigenvalue weighted by atomic mass is 32.2. The Morgan fingerprint density at radius 2 is 1.74 bits per heavy atom. The van der Waals surface area contributed by atoms with E-state index in [1.54, 1.807) is 49.4 Å². The molecule has 0 aliphatic rings. The smallest absolute Gasteiger partial charge is 0.265 e. The molecule has 0 saturated carbocycles. The molecule has 220 valence electrons. The third-order valence-electron chi connectivity index (χ3n) is 7.58. The van der Waals surface area contributed by atoms with Crippen LogP contribution in [0, 0.1) is 6.92 Å². The molecule has 0 radical (unpaired) electrons. The van der Waals surface area contributed by atoms with E-state index in [2.05, 4.69) is 28.5 Å². The van der Waals surface area contributed by atoms with Gasteiger partial charge in [0.15, 0.2) is 0 Å². The molecule has 1 unspecified atom stereocenters. The number of benzene rings is 3. The number of aromatic amines is 1. The van der Waals surface area contributed by atoms with E-state index < -0.39 is 21.3 Å². The zero-order chi connectivity index (χ0) is 30.5. The zero-order valence-electron chi connectivity index (χ0n) is 24.4. The number of H-pyrrole nitrogens is 1.